The number of nitrogens with one attached hydrogen (secondary N) is 1. The van der Waals surface area contributed by atoms with Crippen molar-refractivity contribution in [3.8, 4) is 16.5 Å². The summed E-state index contributed by atoms with van der Waals surface area (Å²) in [6, 6.07) is 11.4. The molecule has 8 heteroatoms. The number of carbonyl (C=O) groups excluding carboxylic acids is 1. The quantitative estimate of drug-likeness (QED) is 0.636. The summed E-state index contributed by atoms with van der Waals surface area (Å²) in [5.41, 5.74) is 1.00. The van der Waals surface area contributed by atoms with Gasteiger partial charge in [0, 0.05) is 6.54 Å². The molecule has 25 heavy (non-hydrogen) atoms. The van der Waals surface area contributed by atoms with Crippen molar-refractivity contribution in [2.24, 2.45) is 0 Å². The van der Waals surface area contributed by atoms with Gasteiger partial charge in [-0.05, 0) is 36.1 Å². The van der Waals surface area contributed by atoms with Crippen LogP contribution in [0.25, 0.3) is 10.8 Å². The number of thiophene rings is 1. The number of amides is 1. The predicted octanol–water partition coefficient (Wildman–Crippen LogP) is 3.60. The van der Waals surface area contributed by atoms with E-state index in [4.69, 9.17) is 9.15 Å². The van der Waals surface area contributed by atoms with Crippen LogP contribution in [-0.2, 0) is 11.3 Å². The Morgan fingerprint density at radius 3 is 2.80 bits per heavy atom. The second kappa shape index (κ2) is 8.17. The molecule has 0 aliphatic carbocycles. The fourth-order valence-corrected chi connectivity index (χ4v) is 3.39. The minimum Gasteiger partial charge on any atom is -0.497 e. The van der Waals surface area contributed by atoms with Crippen molar-refractivity contribution in [2.75, 3.05) is 7.11 Å². The minimum atomic E-state index is -0.338. The van der Waals surface area contributed by atoms with Gasteiger partial charge >= 0.3 is 0 Å². The number of thioether (sulfide) groups is 1. The third kappa shape index (κ3) is 4.61. The highest BCUT2D eigenvalue weighted by atomic mass is 32.2. The van der Waals surface area contributed by atoms with Gasteiger partial charge in [-0.3, -0.25) is 4.79 Å². The summed E-state index contributed by atoms with van der Waals surface area (Å²) < 4.78 is 10.7. The molecule has 3 aromatic rings. The zero-order valence-electron chi connectivity index (χ0n) is 13.8. The van der Waals surface area contributed by atoms with Crippen LogP contribution >= 0.6 is 23.1 Å². The van der Waals surface area contributed by atoms with Crippen molar-refractivity contribution < 1.29 is 13.9 Å². The second-order valence-corrected chi connectivity index (χ2v) is 7.42. The fourth-order valence-electron chi connectivity index (χ4n) is 2.04. The van der Waals surface area contributed by atoms with E-state index in [1.54, 1.807) is 7.11 Å². The average Bonchev–Trinajstić information content (AvgIpc) is 3.31. The number of ether oxygens (including phenoxy) is 1. The van der Waals surface area contributed by atoms with Gasteiger partial charge in [-0.25, -0.2) is 0 Å². The molecular formula is C17H17N3O3S2. The maximum Gasteiger partial charge on any atom is 0.277 e. The Morgan fingerprint density at radius 2 is 2.12 bits per heavy atom. The van der Waals surface area contributed by atoms with Crippen molar-refractivity contribution in [1.82, 2.24) is 15.5 Å². The lowest BCUT2D eigenvalue weighted by Crippen LogP contribution is -2.30. The molecule has 0 spiro atoms. The molecule has 130 valence electrons. The van der Waals surface area contributed by atoms with Crippen molar-refractivity contribution in [1.29, 1.82) is 0 Å². The van der Waals surface area contributed by atoms with Gasteiger partial charge in [-0.15, -0.1) is 21.5 Å². The molecule has 0 aliphatic heterocycles. The molecule has 1 aromatic carbocycles. The smallest absolute Gasteiger partial charge is 0.277 e. The highest BCUT2D eigenvalue weighted by Crippen LogP contribution is 2.28. The topological polar surface area (TPSA) is 77.2 Å². The van der Waals surface area contributed by atoms with Crippen LogP contribution in [0, 0.1) is 0 Å². The maximum atomic E-state index is 12.2. The summed E-state index contributed by atoms with van der Waals surface area (Å²) in [4.78, 5) is 13.1. The molecule has 2 heterocycles. The minimum absolute atomic E-state index is 0.0864. The lowest BCUT2D eigenvalue weighted by molar-refractivity contribution is -0.120. The highest BCUT2D eigenvalue weighted by molar-refractivity contribution is 8.00. The Kier molecular flexibility index (Phi) is 5.72. The van der Waals surface area contributed by atoms with Gasteiger partial charge in [0.2, 0.25) is 5.91 Å². The van der Waals surface area contributed by atoms with E-state index in [9.17, 15) is 4.79 Å². The molecule has 0 bridgehead atoms. The number of methoxy groups -OCH3 is 1. The molecule has 0 saturated carbocycles. The molecule has 3 rings (SSSR count). The number of nitrogens with zero attached hydrogens (tertiary/aromatic N) is 2. The van der Waals surface area contributed by atoms with Gasteiger partial charge < -0.3 is 14.5 Å². The molecule has 6 nitrogen and oxygen atoms in total. The first-order valence-electron chi connectivity index (χ1n) is 7.60. The number of hydrogen-bond donors (Lipinski definition) is 1. The molecule has 1 amide bonds. The Bertz CT molecular complexity index is 816. The Balaban J connectivity index is 1.52. The summed E-state index contributed by atoms with van der Waals surface area (Å²) >= 11 is 2.77. The number of carbonyl (C=O) groups is 1. The largest absolute Gasteiger partial charge is 0.497 e. The van der Waals surface area contributed by atoms with E-state index in [-0.39, 0.29) is 11.2 Å². The summed E-state index contributed by atoms with van der Waals surface area (Å²) in [7, 11) is 1.62. The van der Waals surface area contributed by atoms with E-state index >= 15 is 0 Å². The van der Waals surface area contributed by atoms with Gasteiger partial charge in [-0.2, -0.15) is 0 Å². The number of rotatable bonds is 7. The molecule has 1 unspecified atom stereocenters. The van der Waals surface area contributed by atoms with Crippen LogP contribution in [0.5, 0.6) is 5.75 Å². The van der Waals surface area contributed by atoms with Crippen LogP contribution in [-0.4, -0.2) is 28.5 Å². The van der Waals surface area contributed by atoms with E-state index in [2.05, 4.69) is 15.5 Å². The van der Waals surface area contributed by atoms with Gasteiger partial charge in [0.15, 0.2) is 0 Å². The molecule has 0 radical (unpaired) electrons. The number of hydrogen-bond acceptors (Lipinski definition) is 7. The zero-order chi connectivity index (χ0) is 17.6. The zero-order valence-corrected chi connectivity index (χ0v) is 15.4. The normalized spacial score (nSPS) is 11.9. The molecular weight excluding hydrogens is 358 g/mol. The first-order valence-corrected chi connectivity index (χ1v) is 9.36. The first kappa shape index (κ1) is 17.5. The predicted molar refractivity (Wildman–Crippen MR) is 97.8 cm³/mol. The fraction of sp³-hybridized carbons (Fsp3) is 0.235. The Hall–Kier alpha value is -2.32. The van der Waals surface area contributed by atoms with Gasteiger partial charge in [0.25, 0.3) is 11.1 Å². The van der Waals surface area contributed by atoms with Crippen LogP contribution in [0.2, 0.25) is 0 Å². The van der Waals surface area contributed by atoms with E-state index in [0.717, 1.165) is 16.2 Å². The second-order valence-electron chi connectivity index (χ2n) is 5.18. The van der Waals surface area contributed by atoms with Crippen LogP contribution in [0.4, 0.5) is 0 Å². The molecule has 2 aromatic heterocycles. The van der Waals surface area contributed by atoms with Gasteiger partial charge in [0.1, 0.15) is 5.75 Å². The van der Waals surface area contributed by atoms with E-state index < -0.39 is 0 Å². The van der Waals surface area contributed by atoms with E-state index in [1.807, 2.05) is 48.7 Å². The van der Waals surface area contributed by atoms with Crippen molar-refractivity contribution in [3.05, 3.63) is 47.3 Å². The third-order valence-corrected chi connectivity index (χ3v) is 5.20. The standard InChI is InChI=1S/C17H17N3O3S2/c1-11(15(21)18-10-12-5-7-13(22-2)8-6-12)25-17-20-19-16(23-17)14-4-3-9-24-14/h3-9,11H,10H2,1-2H3,(H,18,21). The molecule has 1 atom stereocenters. The Labute approximate surface area is 153 Å². The maximum absolute atomic E-state index is 12.2. The van der Waals surface area contributed by atoms with Gasteiger partial charge in [-0.1, -0.05) is 30.0 Å². The van der Waals surface area contributed by atoms with Gasteiger partial charge in [0.05, 0.1) is 17.2 Å². The summed E-state index contributed by atoms with van der Waals surface area (Å²) in [6.07, 6.45) is 0. The molecule has 1 N–H and O–H groups in total. The number of benzene rings is 1. The average molecular weight is 375 g/mol. The van der Waals surface area contributed by atoms with Crippen molar-refractivity contribution in [3.63, 3.8) is 0 Å². The van der Waals surface area contributed by atoms with Crippen LogP contribution in [0.3, 0.4) is 0 Å². The third-order valence-electron chi connectivity index (χ3n) is 3.41. The van der Waals surface area contributed by atoms with Crippen molar-refractivity contribution in [2.45, 2.75) is 23.9 Å². The van der Waals surface area contributed by atoms with Crippen LogP contribution in [0.15, 0.2) is 51.4 Å². The monoisotopic (exact) mass is 375 g/mol. The lowest BCUT2D eigenvalue weighted by Gasteiger charge is -2.10. The molecule has 0 aliphatic rings. The van der Waals surface area contributed by atoms with Crippen LogP contribution in [0.1, 0.15) is 12.5 Å². The molecule has 0 saturated heterocycles. The Morgan fingerprint density at radius 1 is 1.32 bits per heavy atom. The van der Waals surface area contributed by atoms with E-state index in [0.29, 0.717) is 17.7 Å². The lowest BCUT2D eigenvalue weighted by atomic mass is 10.2. The summed E-state index contributed by atoms with van der Waals surface area (Å²) in [6.45, 7) is 2.26. The SMILES string of the molecule is COc1ccc(CNC(=O)C(C)Sc2nnc(-c3cccs3)o2)cc1. The molecule has 0 fully saturated rings. The number of aromatic nitrogens is 2. The first-order chi connectivity index (χ1) is 12.2. The summed E-state index contributed by atoms with van der Waals surface area (Å²) in [5.74, 6) is 1.18. The summed E-state index contributed by atoms with van der Waals surface area (Å²) in [5, 5.41) is 12.9. The highest BCUT2D eigenvalue weighted by Gasteiger charge is 2.18. The van der Waals surface area contributed by atoms with E-state index in [1.165, 1.54) is 23.1 Å². The van der Waals surface area contributed by atoms with Crippen molar-refractivity contribution >= 4 is 29.0 Å². The van der Waals surface area contributed by atoms with Crippen LogP contribution < -0.4 is 10.1 Å².